The first-order valence-electron chi connectivity index (χ1n) is 8.74. The van der Waals surface area contributed by atoms with Crippen molar-refractivity contribution in [2.24, 2.45) is 0 Å². The van der Waals surface area contributed by atoms with Gasteiger partial charge in [0.15, 0.2) is 0 Å². The van der Waals surface area contributed by atoms with Crippen molar-refractivity contribution in [3.05, 3.63) is 79.1 Å². The molecule has 0 bridgehead atoms. The lowest BCUT2D eigenvalue weighted by Gasteiger charge is -2.12. The fourth-order valence-corrected chi connectivity index (χ4v) is 4.02. The van der Waals surface area contributed by atoms with E-state index in [1.807, 2.05) is 12.1 Å². The summed E-state index contributed by atoms with van der Waals surface area (Å²) in [7, 11) is 0. The van der Waals surface area contributed by atoms with Gasteiger partial charge in [-0.15, -0.1) is 0 Å². The summed E-state index contributed by atoms with van der Waals surface area (Å²) in [5.74, 6) is -1.12. The number of nitrogens with one attached hydrogen (secondary N) is 1. The maximum atomic E-state index is 12.6. The summed E-state index contributed by atoms with van der Waals surface area (Å²) in [5.41, 5.74) is 0.538. The molecule has 0 atom stereocenters. The number of hydrogen-bond acceptors (Lipinski definition) is 6. The van der Waals surface area contributed by atoms with Gasteiger partial charge in [-0.2, -0.15) is 0 Å². The van der Waals surface area contributed by atoms with E-state index in [2.05, 4.69) is 27.9 Å². The molecule has 3 aromatic rings. The highest BCUT2D eigenvalue weighted by Crippen LogP contribution is 2.32. The van der Waals surface area contributed by atoms with Crippen molar-refractivity contribution in [1.82, 2.24) is 4.90 Å². The largest absolute Gasteiger partial charge is 0.422 e. The van der Waals surface area contributed by atoms with Crippen LogP contribution < -0.4 is 10.9 Å². The van der Waals surface area contributed by atoms with Crippen LogP contribution in [-0.4, -0.2) is 28.5 Å². The third kappa shape index (κ3) is 4.31. The molecule has 0 aliphatic carbocycles. The average molecular weight is 532 g/mol. The van der Waals surface area contributed by atoms with Crippen molar-refractivity contribution in [3.8, 4) is 0 Å². The Hall–Kier alpha value is -2.92. The molecule has 7 nitrogen and oxygen atoms in total. The fraction of sp³-hybridized carbons (Fsp3) is 0.0476. The Balaban J connectivity index is 1.52. The zero-order valence-corrected chi connectivity index (χ0v) is 18.2. The molecule has 1 fully saturated rings. The normalized spacial score (nSPS) is 15.2. The maximum absolute atomic E-state index is 12.6. The van der Waals surface area contributed by atoms with Crippen LogP contribution in [0, 0.1) is 3.57 Å². The monoisotopic (exact) mass is 532 g/mol. The van der Waals surface area contributed by atoms with Gasteiger partial charge in [0.05, 0.1) is 10.5 Å². The first kappa shape index (κ1) is 20.4. The van der Waals surface area contributed by atoms with Gasteiger partial charge in [0.2, 0.25) is 5.91 Å². The minimum atomic E-state index is -0.629. The summed E-state index contributed by atoms with van der Waals surface area (Å²) < 4.78 is 6.26. The fourth-order valence-electron chi connectivity index (χ4n) is 2.83. The smallest absolute Gasteiger partial charge is 0.343 e. The quantitative estimate of drug-likeness (QED) is 0.309. The van der Waals surface area contributed by atoms with E-state index >= 15 is 0 Å². The molecule has 0 radical (unpaired) electrons. The zero-order chi connectivity index (χ0) is 21.3. The summed E-state index contributed by atoms with van der Waals surface area (Å²) in [6, 6.07) is 15.7. The van der Waals surface area contributed by atoms with E-state index < -0.39 is 29.2 Å². The third-order valence-electron chi connectivity index (χ3n) is 4.26. The lowest BCUT2D eigenvalue weighted by molar-refractivity contribution is -0.127. The van der Waals surface area contributed by atoms with E-state index in [-0.39, 0.29) is 10.5 Å². The van der Waals surface area contributed by atoms with Crippen molar-refractivity contribution in [2.75, 3.05) is 11.9 Å². The summed E-state index contributed by atoms with van der Waals surface area (Å²) >= 11 is 2.82. The van der Waals surface area contributed by atoms with Gasteiger partial charge in [0.1, 0.15) is 12.1 Å². The molecule has 3 amide bonds. The van der Waals surface area contributed by atoms with E-state index in [9.17, 15) is 19.2 Å². The number of amides is 3. The number of rotatable bonds is 4. The molecule has 150 valence electrons. The van der Waals surface area contributed by atoms with Crippen LogP contribution in [0.3, 0.4) is 0 Å². The number of para-hydroxylation sites is 1. The standard InChI is InChI=1S/C21H13IN2O5S/c22-14-5-7-15(8-6-14)23-18(25)11-24-19(26)17(30-21(24)28)10-13-9-12-3-1-2-4-16(12)29-20(13)27/h1-10H,11H2,(H,23,25)/b17-10+. The lowest BCUT2D eigenvalue weighted by Crippen LogP contribution is -2.36. The highest BCUT2D eigenvalue weighted by molar-refractivity contribution is 14.1. The molecule has 2 heterocycles. The molecular formula is C21H13IN2O5S. The first-order chi connectivity index (χ1) is 14.4. The Morgan fingerprint density at radius 2 is 1.83 bits per heavy atom. The Bertz CT molecular complexity index is 1270. The van der Waals surface area contributed by atoms with Gasteiger partial charge in [-0.3, -0.25) is 19.3 Å². The maximum Gasteiger partial charge on any atom is 0.343 e. The van der Waals surface area contributed by atoms with E-state index in [0.717, 1.165) is 8.47 Å². The highest BCUT2D eigenvalue weighted by Gasteiger charge is 2.36. The number of imide groups is 1. The summed E-state index contributed by atoms with van der Waals surface area (Å²) in [4.78, 5) is 50.3. The van der Waals surface area contributed by atoms with Crippen molar-refractivity contribution in [2.45, 2.75) is 0 Å². The molecule has 0 spiro atoms. The molecular weight excluding hydrogens is 519 g/mol. The number of thioether (sulfide) groups is 1. The molecule has 9 heteroatoms. The molecule has 1 aromatic heterocycles. The second-order valence-electron chi connectivity index (χ2n) is 6.35. The summed E-state index contributed by atoms with van der Waals surface area (Å²) in [5, 5.41) is 2.77. The predicted octanol–water partition coefficient (Wildman–Crippen LogP) is 4.07. The third-order valence-corrected chi connectivity index (χ3v) is 5.88. The molecule has 1 saturated heterocycles. The first-order valence-corrected chi connectivity index (χ1v) is 10.6. The Morgan fingerprint density at radius 1 is 1.10 bits per heavy atom. The van der Waals surface area contributed by atoms with Gasteiger partial charge in [0.25, 0.3) is 11.1 Å². The minimum absolute atomic E-state index is 0.0599. The van der Waals surface area contributed by atoms with Crippen LogP contribution in [0.25, 0.3) is 17.0 Å². The van der Waals surface area contributed by atoms with Crippen LogP contribution in [0.1, 0.15) is 5.56 Å². The lowest BCUT2D eigenvalue weighted by atomic mass is 10.2. The van der Waals surface area contributed by atoms with Crippen LogP contribution in [0.15, 0.2) is 68.7 Å². The number of hydrogen-bond donors (Lipinski definition) is 1. The molecule has 1 N–H and O–H groups in total. The van der Waals surface area contributed by atoms with Crippen LogP contribution in [0.2, 0.25) is 0 Å². The van der Waals surface area contributed by atoms with Gasteiger partial charge >= 0.3 is 5.63 Å². The Labute approximate surface area is 188 Å². The molecule has 1 aliphatic heterocycles. The molecule has 2 aromatic carbocycles. The summed E-state index contributed by atoms with van der Waals surface area (Å²) in [6.07, 6.45) is 1.32. The number of carbonyl (C=O) groups excluding carboxylic acids is 3. The number of nitrogens with zero attached hydrogens (tertiary/aromatic N) is 1. The van der Waals surface area contributed by atoms with Crippen LogP contribution in [-0.2, 0) is 9.59 Å². The molecule has 0 saturated carbocycles. The van der Waals surface area contributed by atoms with Crippen molar-refractivity contribution in [1.29, 1.82) is 0 Å². The van der Waals surface area contributed by atoms with E-state index in [4.69, 9.17) is 4.42 Å². The second-order valence-corrected chi connectivity index (χ2v) is 8.59. The van der Waals surface area contributed by atoms with Crippen molar-refractivity contribution >= 4 is 74.1 Å². The highest BCUT2D eigenvalue weighted by atomic mass is 127. The Kier molecular flexibility index (Phi) is 5.73. The van der Waals surface area contributed by atoms with E-state index in [1.54, 1.807) is 42.5 Å². The van der Waals surface area contributed by atoms with E-state index in [0.29, 0.717) is 28.4 Å². The van der Waals surface area contributed by atoms with Gasteiger partial charge in [0, 0.05) is 14.6 Å². The van der Waals surface area contributed by atoms with Crippen molar-refractivity contribution < 1.29 is 18.8 Å². The number of benzene rings is 2. The zero-order valence-electron chi connectivity index (χ0n) is 15.3. The van der Waals surface area contributed by atoms with Crippen LogP contribution in [0.5, 0.6) is 0 Å². The number of fused-ring (bicyclic) bond motifs is 1. The van der Waals surface area contributed by atoms with Gasteiger partial charge in [-0.1, -0.05) is 18.2 Å². The van der Waals surface area contributed by atoms with Gasteiger partial charge < -0.3 is 9.73 Å². The number of anilines is 1. The van der Waals surface area contributed by atoms with Crippen LogP contribution >= 0.6 is 34.4 Å². The minimum Gasteiger partial charge on any atom is -0.422 e. The predicted molar refractivity (Wildman–Crippen MR) is 123 cm³/mol. The summed E-state index contributed by atoms with van der Waals surface area (Å²) in [6.45, 7) is -0.416. The van der Waals surface area contributed by atoms with Gasteiger partial charge in [-0.05, 0) is 76.8 Å². The molecule has 4 rings (SSSR count). The Morgan fingerprint density at radius 3 is 2.60 bits per heavy atom. The van der Waals surface area contributed by atoms with Crippen molar-refractivity contribution in [3.63, 3.8) is 0 Å². The second kappa shape index (κ2) is 8.44. The molecule has 0 unspecified atom stereocenters. The molecule has 30 heavy (non-hydrogen) atoms. The average Bonchev–Trinajstić information content (AvgIpc) is 2.97. The molecule has 1 aliphatic rings. The SMILES string of the molecule is O=C(CN1C(=O)S/C(=C/c2cc3ccccc3oc2=O)C1=O)Nc1ccc(I)cc1. The number of halogens is 1. The topological polar surface area (TPSA) is 96.7 Å². The van der Waals surface area contributed by atoms with Gasteiger partial charge in [-0.25, -0.2) is 4.79 Å². The number of carbonyl (C=O) groups is 3. The van der Waals surface area contributed by atoms with E-state index in [1.165, 1.54) is 6.08 Å². The van der Waals surface area contributed by atoms with Crippen LogP contribution in [0.4, 0.5) is 10.5 Å².